The molecule has 0 saturated heterocycles. The van der Waals surface area contributed by atoms with Crippen LogP contribution in [0, 0.1) is 11.8 Å². The number of hydrogen-bond acceptors (Lipinski definition) is 1. The molecule has 0 heterocycles. The Morgan fingerprint density at radius 1 is 1.27 bits per heavy atom. The zero-order valence-corrected chi connectivity index (χ0v) is 9.59. The summed E-state index contributed by atoms with van der Waals surface area (Å²) in [5, 5.41) is 0. The third kappa shape index (κ3) is 2.70. The maximum Gasteiger partial charge on any atom is 0.0154 e. The summed E-state index contributed by atoms with van der Waals surface area (Å²) in [7, 11) is 0. The molecule has 0 aromatic rings. The lowest BCUT2D eigenvalue weighted by Crippen LogP contribution is -2.31. The predicted octanol–water partition coefficient (Wildman–Crippen LogP) is 3.81. The molecule has 0 amide bonds. The molecule has 0 nitrogen and oxygen atoms in total. The van der Waals surface area contributed by atoms with E-state index in [-0.39, 0.29) is 0 Å². The highest BCUT2D eigenvalue weighted by Gasteiger charge is 2.29. The van der Waals surface area contributed by atoms with E-state index in [0.717, 1.165) is 11.8 Å². The summed E-state index contributed by atoms with van der Waals surface area (Å²) in [5.41, 5.74) is 0. The fraction of sp³-hybridized carbons (Fsp3) is 1.00. The summed E-state index contributed by atoms with van der Waals surface area (Å²) in [4.78, 5) is 0. The molecule has 0 rings (SSSR count). The van der Waals surface area contributed by atoms with Gasteiger partial charge in [-0.2, -0.15) is 11.8 Å². The van der Waals surface area contributed by atoms with Gasteiger partial charge in [0.15, 0.2) is 0 Å². The van der Waals surface area contributed by atoms with Gasteiger partial charge in [-0.15, -0.1) is 0 Å². The first-order chi connectivity index (χ1) is 4.98. The molecule has 0 aliphatic heterocycles. The summed E-state index contributed by atoms with van der Waals surface area (Å²) in [6, 6.07) is 0. The van der Waals surface area contributed by atoms with Crippen molar-refractivity contribution in [1.82, 2.24) is 0 Å². The standard InChI is InChI=1S/C10H22S/c1-7-10(5,11-6)9(4)8(2)3/h8-9H,7H2,1-6H3. The molecule has 0 N–H and O–H groups in total. The van der Waals surface area contributed by atoms with Crippen molar-refractivity contribution in [3.8, 4) is 0 Å². The second kappa shape index (κ2) is 4.39. The Kier molecular flexibility index (Phi) is 4.53. The SMILES string of the molecule is CCC(C)(SC)C(C)C(C)C. The molecule has 2 atom stereocenters. The van der Waals surface area contributed by atoms with Crippen LogP contribution < -0.4 is 0 Å². The molecule has 0 fully saturated rings. The molecular formula is C10H22S. The zero-order chi connectivity index (χ0) is 9.07. The van der Waals surface area contributed by atoms with E-state index in [4.69, 9.17) is 0 Å². The van der Waals surface area contributed by atoms with Gasteiger partial charge < -0.3 is 0 Å². The number of hydrogen-bond donors (Lipinski definition) is 0. The van der Waals surface area contributed by atoms with Crippen molar-refractivity contribution in [1.29, 1.82) is 0 Å². The van der Waals surface area contributed by atoms with Gasteiger partial charge in [0.1, 0.15) is 0 Å². The van der Waals surface area contributed by atoms with Crippen molar-refractivity contribution in [3.05, 3.63) is 0 Å². The minimum atomic E-state index is 0.480. The Bertz CT molecular complexity index is 103. The summed E-state index contributed by atoms with van der Waals surface area (Å²) in [5.74, 6) is 1.61. The van der Waals surface area contributed by atoms with E-state index in [1.807, 2.05) is 11.8 Å². The Morgan fingerprint density at radius 3 is 1.82 bits per heavy atom. The first-order valence-electron chi connectivity index (χ1n) is 4.53. The molecule has 0 radical (unpaired) electrons. The van der Waals surface area contributed by atoms with Gasteiger partial charge in [-0.05, 0) is 24.5 Å². The average molecular weight is 174 g/mol. The van der Waals surface area contributed by atoms with E-state index >= 15 is 0 Å². The Labute approximate surface area is 76.1 Å². The monoisotopic (exact) mass is 174 g/mol. The van der Waals surface area contributed by atoms with Crippen LogP contribution in [0.2, 0.25) is 0 Å². The van der Waals surface area contributed by atoms with Gasteiger partial charge in [-0.25, -0.2) is 0 Å². The summed E-state index contributed by atoms with van der Waals surface area (Å²) in [6.07, 6.45) is 3.50. The topological polar surface area (TPSA) is 0 Å². The maximum absolute atomic E-state index is 2.38. The van der Waals surface area contributed by atoms with Crippen LogP contribution in [0.5, 0.6) is 0 Å². The third-order valence-corrected chi connectivity index (χ3v) is 4.72. The molecule has 0 aromatic carbocycles. The predicted molar refractivity (Wildman–Crippen MR) is 56.2 cm³/mol. The molecule has 11 heavy (non-hydrogen) atoms. The van der Waals surface area contributed by atoms with Gasteiger partial charge >= 0.3 is 0 Å². The minimum absolute atomic E-state index is 0.480. The molecular weight excluding hydrogens is 152 g/mol. The van der Waals surface area contributed by atoms with Crippen LogP contribution in [0.1, 0.15) is 41.0 Å². The normalized spacial score (nSPS) is 19.9. The fourth-order valence-corrected chi connectivity index (χ4v) is 2.29. The van der Waals surface area contributed by atoms with Crippen LogP contribution in [0.25, 0.3) is 0 Å². The van der Waals surface area contributed by atoms with Crippen molar-refractivity contribution in [2.75, 3.05) is 6.26 Å². The highest BCUT2D eigenvalue weighted by Crippen LogP contribution is 2.37. The van der Waals surface area contributed by atoms with E-state index in [1.54, 1.807) is 0 Å². The van der Waals surface area contributed by atoms with Crippen LogP contribution in [-0.2, 0) is 0 Å². The second-order valence-electron chi connectivity index (χ2n) is 3.90. The van der Waals surface area contributed by atoms with Crippen molar-refractivity contribution in [2.45, 2.75) is 45.8 Å². The number of rotatable bonds is 4. The molecule has 2 unspecified atom stereocenters. The first-order valence-corrected chi connectivity index (χ1v) is 5.75. The van der Waals surface area contributed by atoms with Gasteiger partial charge in [0.2, 0.25) is 0 Å². The molecule has 0 spiro atoms. The maximum atomic E-state index is 2.38. The molecule has 0 aromatic heterocycles. The van der Waals surface area contributed by atoms with E-state index in [1.165, 1.54) is 6.42 Å². The molecule has 1 heteroatoms. The lowest BCUT2D eigenvalue weighted by atomic mass is 9.84. The van der Waals surface area contributed by atoms with Crippen LogP contribution in [0.15, 0.2) is 0 Å². The second-order valence-corrected chi connectivity index (χ2v) is 5.24. The summed E-state index contributed by atoms with van der Waals surface area (Å²) in [6.45, 7) is 11.7. The van der Waals surface area contributed by atoms with E-state index < -0.39 is 0 Å². The first kappa shape index (κ1) is 11.4. The molecule has 0 aliphatic carbocycles. The molecule has 0 saturated carbocycles. The quantitative estimate of drug-likeness (QED) is 0.624. The van der Waals surface area contributed by atoms with Crippen molar-refractivity contribution in [3.63, 3.8) is 0 Å². The number of thioether (sulfide) groups is 1. The smallest absolute Gasteiger partial charge is 0.0154 e. The largest absolute Gasteiger partial charge is 0.159 e. The van der Waals surface area contributed by atoms with Crippen molar-refractivity contribution in [2.24, 2.45) is 11.8 Å². The average Bonchev–Trinajstić information content (AvgIpc) is 2.01. The van der Waals surface area contributed by atoms with E-state index in [0.29, 0.717) is 4.75 Å². The molecule has 68 valence electrons. The minimum Gasteiger partial charge on any atom is -0.159 e. The van der Waals surface area contributed by atoms with Crippen LogP contribution in [-0.4, -0.2) is 11.0 Å². The fourth-order valence-electron chi connectivity index (χ4n) is 1.36. The van der Waals surface area contributed by atoms with Crippen LogP contribution in [0.3, 0.4) is 0 Å². The summed E-state index contributed by atoms with van der Waals surface area (Å²) < 4.78 is 0.480. The lowest BCUT2D eigenvalue weighted by molar-refractivity contribution is 0.323. The van der Waals surface area contributed by atoms with Gasteiger partial charge in [-0.1, -0.05) is 34.6 Å². The highest BCUT2D eigenvalue weighted by atomic mass is 32.2. The van der Waals surface area contributed by atoms with Gasteiger partial charge in [0.25, 0.3) is 0 Å². The zero-order valence-electron chi connectivity index (χ0n) is 8.77. The van der Waals surface area contributed by atoms with Crippen LogP contribution in [0.4, 0.5) is 0 Å². The highest BCUT2D eigenvalue weighted by molar-refractivity contribution is 7.99. The molecule has 0 aliphatic rings. The Hall–Kier alpha value is 0.350. The molecule has 0 bridgehead atoms. The third-order valence-electron chi connectivity index (χ3n) is 3.13. The van der Waals surface area contributed by atoms with E-state index in [9.17, 15) is 0 Å². The lowest BCUT2D eigenvalue weighted by Gasteiger charge is -2.35. The Morgan fingerprint density at radius 2 is 1.73 bits per heavy atom. The van der Waals surface area contributed by atoms with Gasteiger partial charge in [0, 0.05) is 4.75 Å². The Balaban J connectivity index is 4.24. The summed E-state index contributed by atoms with van der Waals surface area (Å²) >= 11 is 2.01. The van der Waals surface area contributed by atoms with Crippen molar-refractivity contribution < 1.29 is 0 Å². The van der Waals surface area contributed by atoms with Gasteiger partial charge in [-0.3, -0.25) is 0 Å². The van der Waals surface area contributed by atoms with Crippen molar-refractivity contribution >= 4 is 11.8 Å². The van der Waals surface area contributed by atoms with E-state index in [2.05, 4.69) is 40.9 Å². The van der Waals surface area contributed by atoms with Gasteiger partial charge in [0.05, 0.1) is 0 Å². The van der Waals surface area contributed by atoms with Crippen LogP contribution >= 0.6 is 11.8 Å².